The average Bonchev–Trinajstić information content (AvgIpc) is 2.63. The number of benzene rings is 2. The van der Waals surface area contributed by atoms with Crippen molar-refractivity contribution < 1.29 is 19.0 Å². The molecule has 0 fully saturated rings. The molecular formula is C20H23NO4. The van der Waals surface area contributed by atoms with Crippen LogP contribution in [0.5, 0.6) is 17.2 Å². The van der Waals surface area contributed by atoms with Gasteiger partial charge in [0.1, 0.15) is 19.0 Å². The molecule has 1 heterocycles. The number of ether oxygens (including phenoxy) is 3. The summed E-state index contributed by atoms with van der Waals surface area (Å²) in [4.78, 5) is 12.5. The van der Waals surface area contributed by atoms with Gasteiger partial charge in [0.2, 0.25) is 0 Å². The number of aryl methyl sites for hydroxylation is 1. The summed E-state index contributed by atoms with van der Waals surface area (Å²) in [6.07, 6.45) is 0. The van der Waals surface area contributed by atoms with Gasteiger partial charge in [-0.05, 0) is 62.2 Å². The molecular weight excluding hydrogens is 318 g/mol. The van der Waals surface area contributed by atoms with Gasteiger partial charge in [0.15, 0.2) is 11.5 Å². The van der Waals surface area contributed by atoms with E-state index >= 15 is 0 Å². The lowest BCUT2D eigenvalue weighted by atomic mass is 10.1. The van der Waals surface area contributed by atoms with E-state index < -0.39 is 0 Å². The molecule has 2 aromatic rings. The minimum Gasteiger partial charge on any atom is -0.494 e. The molecule has 0 radical (unpaired) electrons. The molecule has 132 valence electrons. The number of nitrogens with one attached hydrogen (secondary N) is 1. The Morgan fingerprint density at radius 2 is 1.92 bits per heavy atom. The molecule has 2 aromatic carbocycles. The van der Waals surface area contributed by atoms with Gasteiger partial charge in [0, 0.05) is 5.56 Å². The molecule has 1 atom stereocenters. The summed E-state index contributed by atoms with van der Waals surface area (Å²) >= 11 is 0. The number of hydrogen-bond acceptors (Lipinski definition) is 4. The maximum absolute atomic E-state index is 12.5. The van der Waals surface area contributed by atoms with Gasteiger partial charge < -0.3 is 19.5 Å². The highest BCUT2D eigenvalue weighted by Crippen LogP contribution is 2.32. The molecule has 5 heteroatoms. The van der Waals surface area contributed by atoms with Gasteiger partial charge in [-0.1, -0.05) is 6.07 Å². The molecule has 0 spiro atoms. The summed E-state index contributed by atoms with van der Waals surface area (Å²) in [5.41, 5.74) is 2.53. The van der Waals surface area contributed by atoms with E-state index in [1.165, 1.54) is 0 Å². The van der Waals surface area contributed by atoms with Crippen molar-refractivity contribution in [1.82, 2.24) is 5.32 Å². The second-order valence-corrected chi connectivity index (χ2v) is 6.01. The molecule has 5 nitrogen and oxygen atoms in total. The van der Waals surface area contributed by atoms with E-state index in [4.69, 9.17) is 14.2 Å². The molecule has 1 aliphatic rings. The highest BCUT2D eigenvalue weighted by Gasteiger charge is 2.17. The molecule has 1 N–H and O–H groups in total. The summed E-state index contributed by atoms with van der Waals surface area (Å²) in [5, 5.41) is 3.02. The Kier molecular flexibility index (Phi) is 5.12. The summed E-state index contributed by atoms with van der Waals surface area (Å²) in [6.45, 7) is 7.54. The van der Waals surface area contributed by atoms with Crippen molar-refractivity contribution in [2.24, 2.45) is 0 Å². The zero-order valence-corrected chi connectivity index (χ0v) is 14.8. The van der Waals surface area contributed by atoms with Crippen molar-refractivity contribution in [3.63, 3.8) is 0 Å². The SMILES string of the molecule is CCOc1ccc(C(=O)NC(C)c2ccc3c(c2)OCCO3)cc1C. The van der Waals surface area contributed by atoms with E-state index in [1.807, 2.05) is 51.1 Å². The maximum atomic E-state index is 12.5. The molecule has 0 saturated carbocycles. The Hall–Kier alpha value is -2.69. The van der Waals surface area contributed by atoms with Crippen LogP contribution in [0.25, 0.3) is 0 Å². The smallest absolute Gasteiger partial charge is 0.251 e. The summed E-state index contributed by atoms with van der Waals surface area (Å²) in [7, 11) is 0. The Balaban J connectivity index is 1.71. The first-order valence-electron chi connectivity index (χ1n) is 8.52. The molecule has 1 amide bonds. The lowest BCUT2D eigenvalue weighted by Gasteiger charge is -2.21. The lowest BCUT2D eigenvalue weighted by Crippen LogP contribution is -2.27. The van der Waals surface area contributed by atoms with Crippen molar-refractivity contribution in [2.75, 3.05) is 19.8 Å². The minimum atomic E-state index is -0.143. The van der Waals surface area contributed by atoms with E-state index in [1.54, 1.807) is 6.07 Å². The van der Waals surface area contributed by atoms with Gasteiger partial charge in [-0.2, -0.15) is 0 Å². The van der Waals surface area contributed by atoms with Gasteiger partial charge >= 0.3 is 0 Å². The normalized spacial score (nSPS) is 13.9. The third kappa shape index (κ3) is 3.87. The van der Waals surface area contributed by atoms with Gasteiger partial charge in [0.05, 0.1) is 12.6 Å². The van der Waals surface area contributed by atoms with Crippen molar-refractivity contribution >= 4 is 5.91 Å². The van der Waals surface area contributed by atoms with Crippen molar-refractivity contribution in [3.05, 3.63) is 53.1 Å². The molecule has 0 aromatic heterocycles. The molecule has 1 unspecified atom stereocenters. The standard InChI is InChI=1S/C20H23NO4/c1-4-23-17-7-6-16(11-13(17)2)20(22)21-14(3)15-5-8-18-19(12-15)25-10-9-24-18/h5-8,11-12,14H,4,9-10H2,1-3H3,(H,21,22). The van der Waals surface area contributed by atoms with Crippen molar-refractivity contribution in [3.8, 4) is 17.2 Å². The predicted molar refractivity (Wildman–Crippen MR) is 95.7 cm³/mol. The average molecular weight is 341 g/mol. The fraction of sp³-hybridized carbons (Fsp3) is 0.350. The first-order valence-corrected chi connectivity index (χ1v) is 8.52. The van der Waals surface area contributed by atoms with Crippen LogP contribution in [0.4, 0.5) is 0 Å². The van der Waals surface area contributed by atoms with Crippen LogP contribution in [0.2, 0.25) is 0 Å². The molecule has 0 saturated heterocycles. The fourth-order valence-corrected chi connectivity index (χ4v) is 2.80. The quantitative estimate of drug-likeness (QED) is 0.902. The number of amides is 1. The van der Waals surface area contributed by atoms with Crippen LogP contribution in [-0.2, 0) is 0 Å². The topological polar surface area (TPSA) is 56.8 Å². The van der Waals surface area contributed by atoms with Gasteiger partial charge in [-0.3, -0.25) is 4.79 Å². The minimum absolute atomic E-state index is 0.117. The van der Waals surface area contributed by atoms with Crippen LogP contribution in [0.3, 0.4) is 0 Å². The van der Waals surface area contributed by atoms with E-state index in [9.17, 15) is 4.79 Å². The van der Waals surface area contributed by atoms with E-state index in [0.29, 0.717) is 25.4 Å². The van der Waals surface area contributed by atoms with Crippen LogP contribution in [0.15, 0.2) is 36.4 Å². The van der Waals surface area contributed by atoms with Crippen LogP contribution in [-0.4, -0.2) is 25.7 Å². The highest BCUT2D eigenvalue weighted by molar-refractivity contribution is 5.94. The Morgan fingerprint density at radius 1 is 1.16 bits per heavy atom. The molecule has 0 bridgehead atoms. The Labute approximate surface area is 147 Å². The Bertz CT molecular complexity index is 772. The van der Waals surface area contributed by atoms with Crippen molar-refractivity contribution in [1.29, 1.82) is 0 Å². The van der Waals surface area contributed by atoms with Gasteiger partial charge in [-0.25, -0.2) is 0 Å². The first-order chi connectivity index (χ1) is 12.1. The molecule has 25 heavy (non-hydrogen) atoms. The third-order valence-electron chi connectivity index (χ3n) is 4.15. The zero-order chi connectivity index (χ0) is 17.8. The summed E-state index contributed by atoms with van der Waals surface area (Å²) in [5.74, 6) is 2.16. The molecule has 1 aliphatic heterocycles. The molecule has 3 rings (SSSR count). The zero-order valence-electron chi connectivity index (χ0n) is 14.8. The predicted octanol–water partition coefficient (Wildman–Crippen LogP) is 3.66. The summed E-state index contributed by atoms with van der Waals surface area (Å²) < 4.78 is 16.6. The Morgan fingerprint density at radius 3 is 2.64 bits per heavy atom. The lowest BCUT2D eigenvalue weighted by molar-refractivity contribution is 0.0939. The number of carbonyl (C=O) groups excluding carboxylic acids is 1. The fourth-order valence-electron chi connectivity index (χ4n) is 2.80. The number of fused-ring (bicyclic) bond motifs is 1. The van der Waals surface area contributed by atoms with Crippen LogP contribution in [0.1, 0.15) is 41.4 Å². The van der Waals surface area contributed by atoms with E-state index in [2.05, 4.69) is 5.32 Å². The van der Waals surface area contributed by atoms with Crippen LogP contribution < -0.4 is 19.5 Å². The van der Waals surface area contributed by atoms with Gasteiger partial charge in [0.25, 0.3) is 5.91 Å². The van der Waals surface area contributed by atoms with Crippen molar-refractivity contribution in [2.45, 2.75) is 26.8 Å². The van der Waals surface area contributed by atoms with Crippen LogP contribution >= 0.6 is 0 Å². The van der Waals surface area contributed by atoms with E-state index in [-0.39, 0.29) is 11.9 Å². The number of hydrogen-bond donors (Lipinski definition) is 1. The second-order valence-electron chi connectivity index (χ2n) is 6.01. The number of carbonyl (C=O) groups is 1. The summed E-state index contributed by atoms with van der Waals surface area (Å²) in [6, 6.07) is 11.1. The van der Waals surface area contributed by atoms with Crippen LogP contribution in [0, 0.1) is 6.92 Å². The largest absolute Gasteiger partial charge is 0.494 e. The first kappa shape index (κ1) is 17.1. The van der Waals surface area contributed by atoms with E-state index in [0.717, 1.165) is 28.4 Å². The molecule has 0 aliphatic carbocycles. The highest BCUT2D eigenvalue weighted by atomic mass is 16.6. The maximum Gasteiger partial charge on any atom is 0.251 e. The monoisotopic (exact) mass is 341 g/mol. The third-order valence-corrected chi connectivity index (χ3v) is 4.15. The second kappa shape index (κ2) is 7.47. The van der Waals surface area contributed by atoms with Gasteiger partial charge in [-0.15, -0.1) is 0 Å². The number of rotatable bonds is 5.